The van der Waals surface area contributed by atoms with Gasteiger partial charge in [-0.05, 0) is 6.07 Å². The molecule has 0 spiro atoms. The molecule has 0 aliphatic carbocycles. The maximum atomic E-state index is 12.2. The summed E-state index contributed by atoms with van der Waals surface area (Å²) in [5, 5.41) is 1.92. The molecule has 1 aromatic carbocycles. The number of hydrogen-bond acceptors (Lipinski definition) is 4. The van der Waals surface area contributed by atoms with Crippen LogP contribution in [0.4, 0.5) is 13.2 Å². The molecule has 0 radical (unpaired) electrons. The number of alkyl halides is 3. The van der Waals surface area contributed by atoms with E-state index in [1.165, 1.54) is 12.1 Å². The van der Waals surface area contributed by atoms with Crippen molar-refractivity contribution in [2.24, 2.45) is 0 Å². The van der Waals surface area contributed by atoms with Gasteiger partial charge in [0, 0.05) is 25.2 Å². The number of ether oxygens (including phenoxy) is 2. The largest absolute Gasteiger partial charge is 0.573 e. The number of para-hydroxylation sites is 1. The van der Waals surface area contributed by atoms with Gasteiger partial charge < -0.3 is 9.47 Å². The molecule has 7 heteroatoms. The lowest BCUT2D eigenvalue weighted by atomic mass is 10.2. The maximum Gasteiger partial charge on any atom is 0.573 e. The van der Waals surface area contributed by atoms with Gasteiger partial charge in [-0.1, -0.05) is 18.2 Å². The van der Waals surface area contributed by atoms with E-state index in [2.05, 4.69) is 10.2 Å². The van der Waals surface area contributed by atoms with Gasteiger partial charge in [-0.25, -0.2) is 5.01 Å². The summed E-state index contributed by atoms with van der Waals surface area (Å²) in [7, 11) is 0. The molecule has 0 bridgehead atoms. The van der Waals surface area contributed by atoms with E-state index in [0.717, 1.165) is 0 Å². The van der Waals surface area contributed by atoms with Crippen LogP contribution in [0, 0.1) is 0 Å². The van der Waals surface area contributed by atoms with Gasteiger partial charge in [-0.15, -0.1) is 13.2 Å². The second kappa shape index (κ2) is 6.23. The van der Waals surface area contributed by atoms with Crippen LogP contribution in [0.1, 0.15) is 5.56 Å². The second-order valence-corrected chi connectivity index (χ2v) is 4.09. The lowest BCUT2D eigenvalue weighted by Gasteiger charge is -2.27. The van der Waals surface area contributed by atoms with E-state index in [0.29, 0.717) is 31.9 Å². The Labute approximate surface area is 109 Å². The highest BCUT2D eigenvalue weighted by Gasteiger charge is 2.31. The number of rotatable bonds is 4. The number of morpholine rings is 1. The molecule has 0 aromatic heterocycles. The Hall–Kier alpha value is -1.31. The monoisotopic (exact) mass is 276 g/mol. The van der Waals surface area contributed by atoms with E-state index < -0.39 is 6.36 Å². The van der Waals surface area contributed by atoms with E-state index in [-0.39, 0.29) is 12.3 Å². The molecular weight excluding hydrogens is 261 g/mol. The third kappa shape index (κ3) is 4.70. The first-order chi connectivity index (χ1) is 9.04. The molecule has 2 rings (SSSR count). The van der Waals surface area contributed by atoms with Crippen LogP contribution in [-0.2, 0) is 11.3 Å². The van der Waals surface area contributed by atoms with Crippen LogP contribution < -0.4 is 10.2 Å². The first-order valence-electron chi connectivity index (χ1n) is 5.94. The smallest absolute Gasteiger partial charge is 0.405 e. The van der Waals surface area contributed by atoms with Crippen molar-refractivity contribution in [1.82, 2.24) is 10.4 Å². The molecule has 19 heavy (non-hydrogen) atoms. The highest BCUT2D eigenvalue weighted by atomic mass is 19.4. The molecule has 0 unspecified atom stereocenters. The van der Waals surface area contributed by atoms with Gasteiger partial charge in [-0.3, -0.25) is 5.43 Å². The van der Waals surface area contributed by atoms with Crippen molar-refractivity contribution in [2.45, 2.75) is 12.9 Å². The number of hydrogen-bond donors (Lipinski definition) is 1. The molecule has 4 nitrogen and oxygen atoms in total. The van der Waals surface area contributed by atoms with Crippen molar-refractivity contribution in [2.75, 3.05) is 26.3 Å². The van der Waals surface area contributed by atoms with Crippen LogP contribution in [0.3, 0.4) is 0 Å². The van der Waals surface area contributed by atoms with Crippen molar-refractivity contribution < 1.29 is 22.6 Å². The van der Waals surface area contributed by atoms with Crippen molar-refractivity contribution in [3.05, 3.63) is 29.8 Å². The van der Waals surface area contributed by atoms with E-state index >= 15 is 0 Å². The van der Waals surface area contributed by atoms with Crippen LogP contribution in [0.15, 0.2) is 24.3 Å². The minimum absolute atomic E-state index is 0.171. The summed E-state index contributed by atoms with van der Waals surface area (Å²) >= 11 is 0. The normalized spacial score (nSPS) is 17.4. The zero-order chi connectivity index (χ0) is 13.7. The Balaban J connectivity index is 1.95. The molecule has 106 valence electrons. The Kier molecular flexibility index (Phi) is 4.62. The number of benzene rings is 1. The topological polar surface area (TPSA) is 33.7 Å². The molecule has 0 saturated carbocycles. The third-order valence-electron chi connectivity index (χ3n) is 2.70. The Morgan fingerprint density at radius 2 is 1.89 bits per heavy atom. The van der Waals surface area contributed by atoms with Crippen LogP contribution in [0.25, 0.3) is 0 Å². The molecular formula is C12H15F3N2O2. The second-order valence-electron chi connectivity index (χ2n) is 4.09. The fraction of sp³-hybridized carbons (Fsp3) is 0.500. The van der Waals surface area contributed by atoms with Gasteiger partial charge in [0.05, 0.1) is 13.2 Å². The summed E-state index contributed by atoms with van der Waals surface area (Å²) in [5.74, 6) is -0.171. The summed E-state index contributed by atoms with van der Waals surface area (Å²) in [6, 6.07) is 6.11. The van der Waals surface area contributed by atoms with E-state index in [9.17, 15) is 13.2 Å². The van der Waals surface area contributed by atoms with Crippen LogP contribution >= 0.6 is 0 Å². The Bertz CT molecular complexity index is 406. The lowest BCUT2D eigenvalue weighted by molar-refractivity contribution is -0.274. The summed E-state index contributed by atoms with van der Waals surface area (Å²) in [5.41, 5.74) is 3.53. The van der Waals surface area contributed by atoms with Gasteiger partial charge in [0.2, 0.25) is 0 Å². The molecule has 1 heterocycles. The molecule has 1 fully saturated rings. The fourth-order valence-corrected chi connectivity index (χ4v) is 1.79. The molecule has 0 atom stereocenters. The van der Waals surface area contributed by atoms with Gasteiger partial charge in [0.1, 0.15) is 5.75 Å². The molecule has 1 N–H and O–H groups in total. The molecule has 1 aromatic rings. The first-order valence-corrected chi connectivity index (χ1v) is 5.94. The van der Waals surface area contributed by atoms with Crippen molar-refractivity contribution in [1.29, 1.82) is 0 Å². The van der Waals surface area contributed by atoms with Crippen molar-refractivity contribution >= 4 is 0 Å². The summed E-state index contributed by atoms with van der Waals surface area (Å²) in [6.07, 6.45) is -4.67. The first kappa shape index (κ1) is 14.1. The molecule has 1 aliphatic heterocycles. The third-order valence-corrected chi connectivity index (χ3v) is 2.70. The van der Waals surface area contributed by atoms with Crippen LogP contribution in [-0.4, -0.2) is 37.7 Å². The minimum atomic E-state index is -4.67. The zero-order valence-corrected chi connectivity index (χ0v) is 10.2. The Morgan fingerprint density at radius 1 is 1.21 bits per heavy atom. The molecule has 1 aliphatic rings. The van der Waals surface area contributed by atoms with Gasteiger partial charge >= 0.3 is 6.36 Å². The van der Waals surface area contributed by atoms with Crippen LogP contribution in [0.2, 0.25) is 0 Å². The Morgan fingerprint density at radius 3 is 2.58 bits per heavy atom. The van der Waals surface area contributed by atoms with Crippen molar-refractivity contribution in [3.63, 3.8) is 0 Å². The molecule has 1 saturated heterocycles. The fourth-order valence-electron chi connectivity index (χ4n) is 1.79. The highest BCUT2D eigenvalue weighted by molar-refractivity contribution is 5.33. The molecule has 0 amide bonds. The summed E-state index contributed by atoms with van der Waals surface area (Å²) in [6.45, 7) is 2.94. The van der Waals surface area contributed by atoms with Gasteiger partial charge in [0.25, 0.3) is 0 Å². The average Bonchev–Trinajstić information content (AvgIpc) is 2.37. The maximum absolute atomic E-state index is 12.2. The number of hydrazine groups is 1. The average molecular weight is 276 g/mol. The van der Waals surface area contributed by atoms with E-state index in [1.807, 2.05) is 5.01 Å². The number of nitrogens with zero attached hydrogens (tertiary/aromatic N) is 1. The lowest BCUT2D eigenvalue weighted by Crippen LogP contribution is -2.45. The standard InChI is InChI=1S/C12H15F3N2O2/c13-12(14,15)19-11-4-2-1-3-10(11)9-16-17-5-7-18-8-6-17/h1-4,16H,5-9H2. The zero-order valence-electron chi connectivity index (χ0n) is 10.2. The number of halogens is 3. The van der Waals surface area contributed by atoms with Gasteiger partial charge in [-0.2, -0.15) is 0 Å². The SMILES string of the molecule is FC(F)(F)Oc1ccccc1CNN1CCOCC1. The predicted octanol–water partition coefficient (Wildman–Crippen LogP) is 1.92. The van der Waals surface area contributed by atoms with Gasteiger partial charge in [0.15, 0.2) is 0 Å². The van der Waals surface area contributed by atoms with E-state index in [4.69, 9.17) is 4.74 Å². The van der Waals surface area contributed by atoms with Crippen molar-refractivity contribution in [3.8, 4) is 5.75 Å². The number of nitrogens with one attached hydrogen (secondary N) is 1. The summed E-state index contributed by atoms with van der Waals surface area (Å²) in [4.78, 5) is 0. The minimum Gasteiger partial charge on any atom is -0.405 e. The van der Waals surface area contributed by atoms with Crippen LogP contribution in [0.5, 0.6) is 5.75 Å². The quantitative estimate of drug-likeness (QED) is 0.911. The predicted molar refractivity (Wildman–Crippen MR) is 62.4 cm³/mol. The summed E-state index contributed by atoms with van der Waals surface area (Å²) < 4.78 is 45.9. The highest BCUT2D eigenvalue weighted by Crippen LogP contribution is 2.26. The van der Waals surface area contributed by atoms with E-state index in [1.54, 1.807) is 12.1 Å².